The first-order chi connectivity index (χ1) is 9.06. The lowest BCUT2D eigenvalue weighted by molar-refractivity contribution is 0.581. The number of sulfonamides is 1. The van der Waals surface area contributed by atoms with Crippen LogP contribution < -0.4 is 10.0 Å². The highest BCUT2D eigenvalue weighted by Crippen LogP contribution is 2.26. The molecule has 1 aliphatic rings. The second-order valence-corrected chi connectivity index (χ2v) is 6.35. The number of rotatable bonds is 6. The minimum Gasteiger partial charge on any atom is -0.370 e. The summed E-state index contributed by atoms with van der Waals surface area (Å²) in [6.07, 6.45) is 7.97. The van der Waals surface area contributed by atoms with Crippen molar-refractivity contribution in [3.63, 3.8) is 0 Å². The maximum Gasteiger partial charge on any atom is 0.242 e. The molecule has 0 heterocycles. The lowest BCUT2D eigenvalue weighted by Crippen LogP contribution is -2.27. The van der Waals surface area contributed by atoms with E-state index in [1.807, 2.05) is 6.92 Å². The molecule has 0 spiro atoms. The van der Waals surface area contributed by atoms with E-state index in [-0.39, 0.29) is 17.0 Å². The lowest BCUT2D eigenvalue weighted by atomic mass is 10.2. The number of terminal acetylenes is 1. The monoisotopic (exact) mass is 278 g/mol. The van der Waals surface area contributed by atoms with Crippen molar-refractivity contribution in [3.8, 4) is 12.3 Å². The standard InChI is InChI=1S/C14H18N2O2S/c1-3-11(4-2)15-13-7-5-6-8-14(13)19(17,18)16-12-9-10-12/h1,5-8,11-12,15-16H,4,9-10H2,2H3. The molecule has 1 unspecified atom stereocenters. The zero-order valence-corrected chi connectivity index (χ0v) is 11.7. The highest BCUT2D eigenvalue weighted by molar-refractivity contribution is 7.89. The van der Waals surface area contributed by atoms with Crippen LogP contribution in [0.15, 0.2) is 29.2 Å². The molecule has 4 nitrogen and oxygen atoms in total. The summed E-state index contributed by atoms with van der Waals surface area (Å²) in [7, 11) is -3.47. The fourth-order valence-electron chi connectivity index (χ4n) is 1.75. The van der Waals surface area contributed by atoms with E-state index < -0.39 is 10.0 Å². The van der Waals surface area contributed by atoms with Gasteiger partial charge in [0.05, 0.1) is 11.7 Å². The Morgan fingerprint density at radius 2 is 2.11 bits per heavy atom. The smallest absolute Gasteiger partial charge is 0.242 e. The first-order valence-corrected chi connectivity index (χ1v) is 7.89. The Kier molecular flexibility index (Phi) is 4.13. The number of nitrogens with one attached hydrogen (secondary N) is 2. The Bertz CT molecular complexity index is 586. The van der Waals surface area contributed by atoms with Crippen molar-refractivity contribution in [2.24, 2.45) is 0 Å². The number of anilines is 1. The van der Waals surface area contributed by atoms with E-state index in [9.17, 15) is 8.42 Å². The highest BCUT2D eigenvalue weighted by atomic mass is 32.2. The summed E-state index contributed by atoms with van der Waals surface area (Å²) in [6.45, 7) is 1.96. The van der Waals surface area contributed by atoms with E-state index in [1.165, 1.54) is 0 Å². The fourth-order valence-corrected chi connectivity index (χ4v) is 3.23. The molecule has 0 aliphatic heterocycles. The van der Waals surface area contributed by atoms with Crippen LogP contribution in [0.3, 0.4) is 0 Å². The molecule has 0 amide bonds. The van der Waals surface area contributed by atoms with Gasteiger partial charge in [0.15, 0.2) is 0 Å². The lowest BCUT2D eigenvalue weighted by Gasteiger charge is -2.16. The normalized spacial score (nSPS) is 16.6. The largest absolute Gasteiger partial charge is 0.370 e. The zero-order valence-electron chi connectivity index (χ0n) is 10.9. The molecule has 0 saturated heterocycles. The third-order valence-electron chi connectivity index (χ3n) is 3.01. The van der Waals surface area contributed by atoms with E-state index in [0.29, 0.717) is 5.69 Å². The van der Waals surface area contributed by atoms with Crippen LogP contribution in [0.4, 0.5) is 5.69 Å². The molecule has 0 radical (unpaired) electrons. The summed E-state index contributed by atoms with van der Waals surface area (Å²) in [5.74, 6) is 2.61. The quantitative estimate of drug-likeness (QED) is 0.782. The molecule has 1 aromatic carbocycles. The Morgan fingerprint density at radius 1 is 1.42 bits per heavy atom. The van der Waals surface area contributed by atoms with E-state index in [1.54, 1.807) is 24.3 Å². The molecule has 1 aromatic rings. The second kappa shape index (κ2) is 5.64. The maximum atomic E-state index is 12.3. The molecule has 5 heteroatoms. The van der Waals surface area contributed by atoms with Crippen LogP contribution >= 0.6 is 0 Å². The predicted octanol–water partition coefficient (Wildman–Crippen LogP) is 1.95. The summed E-state index contributed by atoms with van der Waals surface area (Å²) >= 11 is 0. The topological polar surface area (TPSA) is 58.2 Å². The minimum atomic E-state index is -3.47. The molecule has 2 N–H and O–H groups in total. The molecule has 1 aliphatic carbocycles. The first kappa shape index (κ1) is 13.9. The second-order valence-electron chi connectivity index (χ2n) is 4.66. The molecule has 19 heavy (non-hydrogen) atoms. The van der Waals surface area contributed by atoms with Gasteiger partial charge in [0.1, 0.15) is 4.90 Å². The van der Waals surface area contributed by atoms with Crippen molar-refractivity contribution < 1.29 is 8.42 Å². The third kappa shape index (κ3) is 3.49. The number of benzene rings is 1. The number of para-hydroxylation sites is 1. The van der Waals surface area contributed by atoms with Crippen molar-refractivity contribution in [3.05, 3.63) is 24.3 Å². The highest BCUT2D eigenvalue weighted by Gasteiger charge is 2.29. The maximum absolute atomic E-state index is 12.3. The van der Waals surface area contributed by atoms with Gasteiger partial charge in [-0.3, -0.25) is 0 Å². The van der Waals surface area contributed by atoms with Gasteiger partial charge in [-0.1, -0.05) is 25.0 Å². The summed E-state index contributed by atoms with van der Waals surface area (Å²) in [5.41, 5.74) is 0.556. The van der Waals surface area contributed by atoms with Crippen LogP contribution in [0.25, 0.3) is 0 Å². The Labute approximate surface area is 114 Å². The molecule has 1 atom stereocenters. The van der Waals surface area contributed by atoms with Crippen molar-refractivity contribution >= 4 is 15.7 Å². The Balaban J connectivity index is 2.27. The third-order valence-corrected chi connectivity index (χ3v) is 4.59. The van der Waals surface area contributed by atoms with Crippen LogP contribution in [-0.2, 0) is 10.0 Å². The van der Waals surface area contributed by atoms with Crippen molar-refractivity contribution in [1.82, 2.24) is 4.72 Å². The molecule has 2 rings (SSSR count). The number of hydrogen-bond acceptors (Lipinski definition) is 3. The summed E-state index contributed by atoms with van der Waals surface area (Å²) < 4.78 is 27.2. The molecule has 1 saturated carbocycles. The van der Waals surface area contributed by atoms with Crippen molar-refractivity contribution in [2.45, 2.75) is 43.2 Å². The van der Waals surface area contributed by atoms with Gasteiger partial charge in [-0.25, -0.2) is 13.1 Å². The van der Waals surface area contributed by atoms with Crippen LogP contribution in [0.2, 0.25) is 0 Å². The molecule has 1 fully saturated rings. The minimum absolute atomic E-state index is 0.0904. The molecule has 102 valence electrons. The van der Waals surface area contributed by atoms with Gasteiger partial charge in [0.2, 0.25) is 10.0 Å². The average molecular weight is 278 g/mol. The van der Waals surface area contributed by atoms with Crippen LogP contribution in [0.5, 0.6) is 0 Å². The fraction of sp³-hybridized carbons (Fsp3) is 0.429. The van der Waals surface area contributed by atoms with Gasteiger partial charge in [-0.2, -0.15) is 0 Å². The van der Waals surface area contributed by atoms with Crippen molar-refractivity contribution in [1.29, 1.82) is 0 Å². The summed E-state index contributed by atoms with van der Waals surface area (Å²) in [4.78, 5) is 0.260. The molecule has 0 aromatic heterocycles. The van der Waals surface area contributed by atoms with Gasteiger partial charge < -0.3 is 5.32 Å². The van der Waals surface area contributed by atoms with Gasteiger partial charge >= 0.3 is 0 Å². The van der Waals surface area contributed by atoms with Gasteiger partial charge in [-0.05, 0) is 31.4 Å². The van der Waals surface area contributed by atoms with Crippen LogP contribution in [0, 0.1) is 12.3 Å². The van der Waals surface area contributed by atoms with Crippen LogP contribution in [0.1, 0.15) is 26.2 Å². The van der Waals surface area contributed by atoms with E-state index in [4.69, 9.17) is 6.42 Å². The molecule has 0 bridgehead atoms. The number of hydrogen-bond donors (Lipinski definition) is 2. The van der Waals surface area contributed by atoms with Crippen molar-refractivity contribution in [2.75, 3.05) is 5.32 Å². The van der Waals surface area contributed by atoms with E-state index in [2.05, 4.69) is 16.0 Å². The first-order valence-electron chi connectivity index (χ1n) is 6.41. The van der Waals surface area contributed by atoms with Crippen LogP contribution in [-0.4, -0.2) is 20.5 Å². The Hall–Kier alpha value is -1.51. The summed E-state index contributed by atoms with van der Waals surface area (Å²) in [6, 6.07) is 6.76. The summed E-state index contributed by atoms with van der Waals surface area (Å²) in [5, 5.41) is 3.09. The average Bonchev–Trinajstić information content (AvgIpc) is 3.19. The molecular weight excluding hydrogens is 260 g/mol. The molecular formula is C14H18N2O2S. The Morgan fingerprint density at radius 3 is 2.68 bits per heavy atom. The SMILES string of the molecule is C#CC(CC)Nc1ccccc1S(=O)(=O)NC1CC1. The zero-order chi connectivity index (χ0) is 13.9. The predicted molar refractivity (Wildman–Crippen MR) is 76.3 cm³/mol. The van der Waals surface area contributed by atoms with Gasteiger partial charge in [-0.15, -0.1) is 6.42 Å². The van der Waals surface area contributed by atoms with E-state index >= 15 is 0 Å². The van der Waals surface area contributed by atoms with E-state index in [0.717, 1.165) is 19.3 Å². The van der Waals surface area contributed by atoms with Gasteiger partial charge in [0, 0.05) is 6.04 Å². The van der Waals surface area contributed by atoms with Gasteiger partial charge in [0.25, 0.3) is 0 Å².